The van der Waals surface area contributed by atoms with E-state index in [2.05, 4.69) is 31.5 Å². The van der Waals surface area contributed by atoms with Gasteiger partial charge in [0.2, 0.25) is 0 Å². The largest absolute Gasteiger partial charge is 0.393 e. The van der Waals surface area contributed by atoms with Gasteiger partial charge in [0.05, 0.1) is 28.3 Å². The molecule has 0 aliphatic carbocycles. The van der Waals surface area contributed by atoms with Crippen LogP contribution < -0.4 is 0 Å². The number of H-pyrrole nitrogens is 2. The number of halogens is 9. The number of fused-ring (bicyclic) bond motifs is 8. The molecule has 0 fully saturated rings. The van der Waals surface area contributed by atoms with Crippen LogP contribution in [-0.4, -0.2) is 37.2 Å². The molecule has 0 unspecified atom stereocenters. The molecule has 0 spiro atoms. The number of hydrogen-bond donors (Lipinski definition) is 2. The van der Waals surface area contributed by atoms with Crippen LogP contribution in [0.5, 0.6) is 0 Å². The summed E-state index contributed by atoms with van der Waals surface area (Å²) in [6.07, 6.45) is 4.33. The molecule has 0 amide bonds. The average molecular weight is 697 g/mol. The highest BCUT2D eigenvalue weighted by Gasteiger charge is 2.81. The van der Waals surface area contributed by atoms with Crippen molar-refractivity contribution in [2.45, 2.75) is 23.1 Å². The predicted molar refractivity (Wildman–Crippen MR) is 174 cm³/mol. The Kier molecular flexibility index (Phi) is 7.55. The van der Waals surface area contributed by atoms with Crippen LogP contribution >= 0.6 is 11.6 Å². The third-order valence-corrected chi connectivity index (χ3v) is 8.39. The minimum atomic E-state index is -6.71. The van der Waals surface area contributed by atoms with E-state index in [9.17, 15) is 17.6 Å². The van der Waals surface area contributed by atoms with Crippen molar-refractivity contribution < 1.29 is 35.1 Å². The van der Waals surface area contributed by atoms with E-state index in [-0.39, 0.29) is 11.4 Å². The molecule has 2 N–H and O–H groups in total. The monoisotopic (exact) mass is 696 g/mol. The van der Waals surface area contributed by atoms with Crippen molar-refractivity contribution in [1.82, 2.24) is 19.9 Å². The molecule has 7 rings (SSSR count). The second kappa shape index (κ2) is 11.4. The number of alkyl halides is 9. The second-order valence-electron chi connectivity index (χ2n) is 11.3. The van der Waals surface area contributed by atoms with Gasteiger partial charge in [0.25, 0.3) is 0 Å². The van der Waals surface area contributed by atoms with Gasteiger partial charge in [-0.1, -0.05) is 60.7 Å². The molecule has 49 heavy (non-hydrogen) atoms. The molecular weight excluding hydrogens is 676 g/mol. The van der Waals surface area contributed by atoms with Gasteiger partial charge < -0.3 is 9.97 Å². The van der Waals surface area contributed by atoms with Crippen LogP contribution in [0, 0.1) is 0 Å². The minimum Gasteiger partial charge on any atom is -0.355 e. The van der Waals surface area contributed by atoms with E-state index in [1.807, 2.05) is 6.07 Å². The lowest BCUT2D eigenvalue weighted by Gasteiger charge is -2.34. The highest BCUT2D eigenvalue weighted by molar-refractivity contribution is 6.22. The number of rotatable bonds is 6. The van der Waals surface area contributed by atoms with Gasteiger partial charge in [-0.3, -0.25) is 0 Å². The summed E-state index contributed by atoms with van der Waals surface area (Å²) in [5.74, 6) is -19.4. The van der Waals surface area contributed by atoms with Gasteiger partial charge in [-0.05, 0) is 77.4 Å². The number of hydrogen-bond acceptors (Lipinski definition) is 2. The normalized spacial score (nSPS) is 13.7. The fourth-order valence-corrected chi connectivity index (χ4v) is 5.93. The van der Waals surface area contributed by atoms with Crippen LogP contribution in [0.3, 0.4) is 0 Å². The van der Waals surface area contributed by atoms with Gasteiger partial charge >= 0.3 is 23.1 Å². The zero-order chi connectivity index (χ0) is 34.8. The van der Waals surface area contributed by atoms with E-state index in [0.29, 0.717) is 44.3 Å². The van der Waals surface area contributed by atoms with Crippen LogP contribution in [-0.2, 0) is 5.92 Å². The highest BCUT2D eigenvalue weighted by Crippen LogP contribution is 2.58. The van der Waals surface area contributed by atoms with Crippen molar-refractivity contribution in [3.8, 4) is 22.3 Å². The summed E-state index contributed by atoms with van der Waals surface area (Å²) in [6, 6.07) is 25.9. The Morgan fingerprint density at radius 2 is 0.898 bits per heavy atom. The van der Waals surface area contributed by atoms with Gasteiger partial charge in [0, 0.05) is 33.2 Å². The van der Waals surface area contributed by atoms with Crippen LogP contribution in [0.15, 0.2) is 91.0 Å². The lowest BCUT2D eigenvalue weighted by molar-refractivity contribution is -0.353. The van der Waals surface area contributed by atoms with Crippen LogP contribution in [0.1, 0.15) is 28.3 Å². The van der Waals surface area contributed by atoms with Gasteiger partial charge in [-0.15, -0.1) is 0 Å². The molecule has 0 saturated carbocycles. The number of nitrogens with one attached hydrogen (secondary N) is 2. The van der Waals surface area contributed by atoms with Crippen LogP contribution in [0.4, 0.5) is 35.1 Å². The molecule has 5 heterocycles. The molecule has 8 bridgehead atoms. The Morgan fingerprint density at radius 1 is 0.490 bits per heavy atom. The van der Waals surface area contributed by atoms with Gasteiger partial charge in [-0.2, -0.15) is 35.1 Å². The molecule has 2 aliphatic rings. The first-order valence-electron chi connectivity index (χ1n) is 14.6. The molecule has 5 aromatic rings. The predicted octanol–water partition coefficient (Wildman–Crippen LogP) is 11.2. The van der Waals surface area contributed by atoms with Crippen molar-refractivity contribution >= 4 is 58.0 Å². The van der Waals surface area contributed by atoms with E-state index < -0.39 is 40.1 Å². The van der Waals surface area contributed by atoms with Crippen molar-refractivity contribution in [3.05, 3.63) is 119 Å². The molecule has 0 radical (unpaired) electrons. The molecule has 0 saturated heterocycles. The van der Waals surface area contributed by atoms with E-state index >= 15 is 17.6 Å². The van der Waals surface area contributed by atoms with E-state index in [4.69, 9.17) is 0 Å². The maximum atomic E-state index is 16.2. The second-order valence-corrected chi connectivity index (χ2v) is 11.8. The van der Waals surface area contributed by atoms with Crippen molar-refractivity contribution in [3.63, 3.8) is 0 Å². The third-order valence-electron chi connectivity index (χ3n) is 8.15. The Hall–Kier alpha value is -5.23. The number of aromatic amines is 2. The molecular formula is C36H21ClF8N4. The maximum Gasteiger partial charge on any atom is 0.393 e. The molecule has 248 valence electrons. The number of benzene rings is 2. The average Bonchev–Trinajstić information content (AvgIpc) is 3.88. The topological polar surface area (TPSA) is 57.4 Å². The zero-order valence-corrected chi connectivity index (χ0v) is 25.5. The Bertz CT molecular complexity index is 2170. The van der Waals surface area contributed by atoms with E-state index in [1.165, 1.54) is 12.2 Å². The van der Waals surface area contributed by atoms with Crippen molar-refractivity contribution in [1.29, 1.82) is 0 Å². The number of nitrogens with zero attached hydrogens (tertiary/aromatic N) is 2. The van der Waals surface area contributed by atoms with E-state index in [1.54, 1.807) is 84.9 Å². The SMILES string of the molecule is FC(F)(Cl)C(F)(F)C(F)(F)C(F)(F)c1c2nc(c(-c3ccccc3)c3ccc(cc4ccc([nH]4)c(-c4ccccc4)c4nc1C=C4)[nH]3)C=C2. The van der Waals surface area contributed by atoms with Crippen LogP contribution in [0.25, 0.3) is 68.6 Å². The fourth-order valence-electron chi connectivity index (χ4n) is 5.81. The van der Waals surface area contributed by atoms with Crippen molar-refractivity contribution in [2.75, 3.05) is 0 Å². The summed E-state index contributed by atoms with van der Waals surface area (Å²) in [5, 5.41) is -6.04. The molecule has 2 aromatic carbocycles. The lowest BCUT2D eigenvalue weighted by Crippen LogP contribution is -2.59. The highest BCUT2D eigenvalue weighted by atomic mass is 35.5. The van der Waals surface area contributed by atoms with Gasteiger partial charge in [0.15, 0.2) is 0 Å². The van der Waals surface area contributed by atoms with Gasteiger partial charge in [0.1, 0.15) is 0 Å². The Labute approximate surface area is 277 Å². The smallest absolute Gasteiger partial charge is 0.355 e. The van der Waals surface area contributed by atoms with E-state index in [0.717, 1.165) is 12.2 Å². The maximum absolute atomic E-state index is 16.2. The first kappa shape index (κ1) is 32.3. The lowest BCUT2D eigenvalue weighted by atomic mass is 9.94. The summed E-state index contributed by atoms with van der Waals surface area (Å²) >= 11 is 4.32. The molecule has 4 nitrogen and oxygen atoms in total. The van der Waals surface area contributed by atoms with Crippen molar-refractivity contribution in [2.24, 2.45) is 0 Å². The summed E-state index contributed by atoms with van der Waals surface area (Å²) < 4.78 is 119. The fraction of sp³-hybridized carbons (Fsp3) is 0.111. The minimum absolute atomic E-state index is 0.00165. The Balaban J connectivity index is 1.66. The first-order valence-corrected chi connectivity index (χ1v) is 15.0. The van der Waals surface area contributed by atoms with Crippen LogP contribution in [0.2, 0.25) is 0 Å². The summed E-state index contributed by atoms with van der Waals surface area (Å²) in [4.78, 5) is 14.9. The standard InChI is InChI=1S/C36H21ClF8N4/c37-36(44,45)35(42,43)34(40,41)33(38,39)32-28-17-15-26(48-28)30(20-7-3-1-4-8-20)24-13-11-22(46-24)19-23-12-14-25(47-23)31(21-9-5-2-6-10-21)27-16-18-29(32)49-27/h1-19,46-47H. The Morgan fingerprint density at radius 3 is 1.31 bits per heavy atom. The van der Waals surface area contributed by atoms with Gasteiger partial charge in [-0.25, -0.2) is 9.97 Å². The molecule has 0 atom stereocenters. The number of aromatic nitrogens is 4. The molecule has 2 aliphatic heterocycles. The molecule has 3 aromatic heterocycles. The summed E-state index contributed by atoms with van der Waals surface area (Å²) in [5.41, 5.74) is 0.408. The zero-order valence-electron chi connectivity index (χ0n) is 24.8. The third kappa shape index (κ3) is 5.30. The summed E-state index contributed by atoms with van der Waals surface area (Å²) in [7, 11) is 0. The molecule has 13 heteroatoms. The first-order chi connectivity index (χ1) is 23.2. The quantitative estimate of drug-likeness (QED) is 0.134. The summed E-state index contributed by atoms with van der Waals surface area (Å²) in [6.45, 7) is 0.